The molecule has 124 valence electrons. The van der Waals surface area contributed by atoms with Crippen LogP contribution in [0.2, 0.25) is 5.02 Å². The average molecular weight is 343 g/mol. The molecule has 5 heteroatoms. The standard InChI is InChI=1S/C19H19ClN2O2/c1-12-3-5-13(6-4-12)15(11-14-7-10-18(23)21-14)17-9-8-16(20)19(22-17)24-2/h3-6,8-9,11,14H,7,10H2,1-2H3,(H,21,23)/t14-/m1/s1. The molecule has 1 aromatic carbocycles. The molecule has 0 bridgehead atoms. The first-order chi connectivity index (χ1) is 11.6. The minimum atomic E-state index is 0.0114. The Morgan fingerprint density at radius 3 is 2.67 bits per heavy atom. The Balaban J connectivity index is 2.06. The van der Waals surface area contributed by atoms with Gasteiger partial charge in [0.2, 0.25) is 11.8 Å². The van der Waals surface area contributed by atoms with Crippen molar-refractivity contribution in [3.8, 4) is 5.88 Å². The van der Waals surface area contributed by atoms with Crippen molar-refractivity contribution in [2.45, 2.75) is 25.8 Å². The highest BCUT2D eigenvalue weighted by Gasteiger charge is 2.20. The molecule has 4 nitrogen and oxygen atoms in total. The smallest absolute Gasteiger partial charge is 0.232 e. The van der Waals surface area contributed by atoms with Crippen molar-refractivity contribution in [2.24, 2.45) is 0 Å². The van der Waals surface area contributed by atoms with Gasteiger partial charge in [-0.2, -0.15) is 0 Å². The summed E-state index contributed by atoms with van der Waals surface area (Å²) in [5.41, 5.74) is 3.95. The summed E-state index contributed by atoms with van der Waals surface area (Å²) in [4.78, 5) is 16.0. The van der Waals surface area contributed by atoms with Crippen LogP contribution in [0.4, 0.5) is 0 Å². The number of hydrogen-bond donors (Lipinski definition) is 1. The number of aryl methyl sites for hydroxylation is 1. The molecule has 0 aliphatic carbocycles. The second kappa shape index (κ2) is 7.05. The Bertz CT molecular complexity index is 784. The highest BCUT2D eigenvalue weighted by atomic mass is 35.5. The third-order valence-electron chi connectivity index (χ3n) is 4.04. The van der Waals surface area contributed by atoms with E-state index in [0.717, 1.165) is 23.3 Å². The van der Waals surface area contributed by atoms with Crippen molar-refractivity contribution in [1.82, 2.24) is 10.3 Å². The van der Waals surface area contributed by atoms with E-state index in [9.17, 15) is 4.79 Å². The number of ether oxygens (including phenoxy) is 1. The van der Waals surface area contributed by atoms with Crippen LogP contribution in [0, 0.1) is 6.92 Å². The maximum absolute atomic E-state index is 11.5. The van der Waals surface area contributed by atoms with Crippen LogP contribution in [-0.2, 0) is 4.79 Å². The van der Waals surface area contributed by atoms with Gasteiger partial charge in [0, 0.05) is 18.0 Å². The lowest BCUT2D eigenvalue weighted by Gasteiger charge is -2.13. The van der Waals surface area contributed by atoms with E-state index in [0.29, 0.717) is 17.3 Å². The summed E-state index contributed by atoms with van der Waals surface area (Å²) in [6.45, 7) is 2.05. The van der Waals surface area contributed by atoms with E-state index in [1.54, 1.807) is 13.2 Å². The van der Waals surface area contributed by atoms with Gasteiger partial charge in [-0.05, 0) is 31.0 Å². The predicted octanol–water partition coefficient (Wildman–Crippen LogP) is 3.76. The monoisotopic (exact) mass is 342 g/mol. The van der Waals surface area contributed by atoms with Crippen LogP contribution in [0.15, 0.2) is 42.5 Å². The number of nitrogens with zero attached hydrogens (tertiary/aromatic N) is 1. The summed E-state index contributed by atoms with van der Waals surface area (Å²) in [6.07, 6.45) is 3.41. The number of nitrogens with one attached hydrogen (secondary N) is 1. The number of hydrogen-bond acceptors (Lipinski definition) is 3. The summed E-state index contributed by atoms with van der Waals surface area (Å²) in [5.74, 6) is 0.476. The van der Waals surface area contributed by atoms with Crippen LogP contribution >= 0.6 is 11.6 Å². The molecule has 1 aromatic heterocycles. The molecule has 1 atom stereocenters. The van der Waals surface area contributed by atoms with Crippen molar-refractivity contribution in [3.63, 3.8) is 0 Å². The highest BCUT2D eigenvalue weighted by molar-refractivity contribution is 6.31. The molecule has 1 saturated heterocycles. The van der Waals surface area contributed by atoms with Crippen molar-refractivity contribution in [3.05, 3.63) is 64.3 Å². The molecule has 0 spiro atoms. The van der Waals surface area contributed by atoms with Gasteiger partial charge in [0.05, 0.1) is 12.8 Å². The number of rotatable bonds is 4. The minimum Gasteiger partial charge on any atom is -0.480 e. The topological polar surface area (TPSA) is 51.2 Å². The third-order valence-corrected chi connectivity index (χ3v) is 4.33. The molecule has 0 radical (unpaired) electrons. The number of halogens is 1. The van der Waals surface area contributed by atoms with Crippen LogP contribution in [-0.4, -0.2) is 24.0 Å². The third kappa shape index (κ3) is 3.60. The van der Waals surface area contributed by atoms with Gasteiger partial charge >= 0.3 is 0 Å². The van der Waals surface area contributed by atoms with Gasteiger partial charge in [-0.15, -0.1) is 0 Å². The number of aromatic nitrogens is 1. The number of amides is 1. The quantitative estimate of drug-likeness (QED) is 0.920. The van der Waals surface area contributed by atoms with E-state index in [4.69, 9.17) is 16.3 Å². The van der Waals surface area contributed by atoms with Crippen molar-refractivity contribution in [1.29, 1.82) is 0 Å². The summed E-state index contributed by atoms with van der Waals surface area (Å²) >= 11 is 6.09. The second-order valence-corrected chi connectivity index (χ2v) is 6.25. The first-order valence-corrected chi connectivity index (χ1v) is 8.24. The van der Waals surface area contributed by atoms with Gasteiger partial charge in [0.25, 0.3) is 0 Å². The minimum absolute atomic E-state index is 0.0114. The molecule has 1 N–H and O–H groups in total. The molecule has 1 aliphatic rings. The lowest BCUT2D eigenvalue weighted by Crippen LogP contribution is -2.23. The van der Waals surface area contributed by atoms with Crippen molar-refractivity contribution >= 4 is 23.1 Å². The number of pyridine rings is 1. The molecule has 24 heavy (non-hydrogen) atoms. The Labute approximate surface area is 146 Å². The van der Waals surface area contributed by atoms with E-state index < -0.39 is 0 Å². The fourth-order valence-electron chi connectivity index (χ4n) is 2.74. The SMILES string of the molecule is COc1nc(C(=C[C@H]2CCC(=O)N2)c2ccc(C)cc2)ccc1Cl. The average Bonchev–Trinajstić information content (AvgIpc) is 2.99. The molecule has 1 aliphatic heterocycles. The zero-order chi connectivity index (χ0) is 17.1. The van der Waals surface area contributed by atoms with Gasteiger partial charge in [-0.25, -0.2) is 4.98 Å². The molecule has 0 unspecified atom stereocenters. The van der Waals surface area contributed by atoms with E-state index in [1.807, 2.05) is 13.0 Å². The molecule has 1 amide bonds. The van der Waals surface area contributed by atoms with E-state index in [1.165, 1.54) is 5.56 Å². The largest absolute Gasteiger partial charge is 0.480 e. The maximum atomic E-state index is 11.5. The molecular weight excluding hydrogens is 324 g/mol. The van der Waals surface area contributed by atoms with E-state index >= 15 is 0 Å². The van der Waals surface area contributed by atoms with Crippen molar-refractivity contribution in [2.75, 3.05) is 7.11 Å². The summed E-state index contributed by atoms with van der Waals surface area (Å²) in [5, 5.41) is 3.45. The van der Waals surface area contributed by atoms with E-state index in [2.05, 4.69) is 40.6 Å². The van der Waals surface area contributed by atoms with Gasteiger partial charge in [0.1, 0.15) is 5.02 Å². The normalized spacial score (nSPS) is 17.7. The Morgan fingerprint density at radius 2 is 2.04 bits per heavy atom. The lowest BCUT2D eigenvalue weighted by atomic mass is 9.98. The van der Waals surface area contributed by atoms with Gasteiger partial charge in [-0.3, -0.25) is 4.79 Å². The lowest BCUT2D eigenvalue weighted by molar-refractivity contribution is -0.119. The first kappa shape index (κ1) is 16.5. The fourth-order valence-corrected chi connectivity index (χ4v) is 2.93. The van der Waals surface area contributed by atoms with Crippen LogP contribution in [0.3, 0.4) is 0 Å². The molecule has 2 aromatic rings. The molecule has 2 heterocycles. The van der Waals surface area contributed by atoms with Crippen LogP contribution in [0.5, 0.6) is 5.88 Å². The number of methoxy groups -OCH3 is 1. The first-order valence-electron chi connectivity index (χ1n) is 7.86. The second-order valence-electron chi connectivity index (χ2n) is 5.85. The van der Waals surface area contributed by atoms with Crippen LogP contribution in [0.25, 0.3) is 5.57 Å². The van der Waals surface area contributed by atoms with Crippen LogP contribution in [0.1, 0.15) is 29.7 Å². The van der Waals surface area contributed by atoms with Crippen LogP contribution < -0.4 is 10.1 Å². The molecule has 0 saturated carbocycles. The zero-order valence-electron chi connectivity index (χ0n) is 13.7. The molecule has 3 rings (SSSR count). The summed E-state index contributed by atoms with van der Waals surface area (Å²) in [6, 6.07) is 11.9. The molecule has 1 fully saturated rings. The predicted molar refractivity (Wildman–Crippen MR) is 95.2 cm³/mol. The number of carbonyl (C=O) groups is 1. The van der Waals surface area contributed by atoms with Gasteiger partial charge in [-0.1, -0.05) is 47.5 Å². The zero-order valence-corrected chi connectivity index (χ0v) is 14.4. The molecular formula is C19H19ClN2O2. The summed E-state index contributed by atoms with van der Waals surface area (Å²) < 4.78 is 5.24. The van der Waals surface area contributed by atoms with Gasteiger partial charge < -0.3 is 10.1 Å². The number of benzene rings is 1. The highest BCUT2D eigenvalue weighted by Crippen LogP contribution is 2.29. The van der Waals surface area contributed by atoms with E-state index in [-0.39, 0.29) is 11.9 Å². The van der Waals surface area contributed by atoms with Gasteiger partial charge in [0.15, 0.2) is 0 Å². The Kier molecular flexibility index (Phi) is 4.86. The van der Waals surface area contributed by atoms with Crippen molar-refractivity contribution < 1.29 is 9.53 Å². The fraction of sp³-hybridized carbons (Fsp3) is 0.263. The number of carbonyl (C=O) groups excluding carboxylic acids is 1. The summed E-state index contributed by atoms with van der Waals surface area (Å²) in [7, 11) is 1.55. The Morgan fingerprint density at radius 1 is 1.29 bits per heavy atom. The Hall–Kier alpha value is -2.33. The maximum Gasteiger partial charge on any atom is 0.232 e.